The predicted molar refractivity (Wildman–Crippen MR) is 88.3 cm³/mol. The highest BCUT2D eigenvalue weighted by Crippen LogP contribution is 2.25. The molecular weight excluding hydrogens is 290 g/mol. The number of hydrogen-bond acceptors (Lipinski definition) is 4. The van der Waals surface area contributed by atoms with Crippen molar-refractivity contribution in [3.63, 3.8) is 0 Å². The smallest absolute Gasteiger partial charge is 0.227 e. The molecule has 0 aliphatic carbocycles. The second kappa shape index (κ2) is 7.24. The second-order valence-corrected chi connectivity index (χ2v) is 5.62. The topological polar surface area (TPSA) is 54.5 Å². The summed E-state index contributed by atoms with van der Waals surface area (Å²) in [5, 5.41) is 3.37. The Kier molecular flexibility index (Phi) is 4.88. The minimum atomic E-state index is 0.0545. The van der Waals surface area contributed by atoms with Gasteiger partial charge in [-0.25, -0.2) is 0 Å². The summed E-state index contributed by atoms with van der Waals surface area (Å²) >= 11 is 0. The monoisotopic (exact) mass is 311 g/mol. The van der Waals surface area contributed by atoms with Crippen molar-refractivity contribution in [2.24, 2.45) is 0 Å². The van der Waals surface area contributed by atoms with Crippen LogP contribution in [0.3, 0.4) is 0 Å². The van der Waals surface area contributed by atoms with Gasteiger partial charge in [-0.1, -0.05) is 18.2 Å². The van der Waals surface area contributed by atoms with Gasteiger partial charge in [0.25, 0.3) is 0 Å². The van der Waals surface area contributed by atoms with Gasteiger partial charge in [0.1, 0.15) is 5.75 Å². The summed E-state index contributed by atoms with van der Waals surface area (Å²) in [4.78, 5) is 18.8. The molecule has 3 rings (SSSR count). The highest BCUT2D eigenvalue weighted by molar-refractivity contribution is 5.79. The predicted octanol–water partition coefficient (Wildman–Crippen LogP) is 1.81. The Labute approximate surface area is 136 Å². The van der Waals surface area contributed by atoms with E-state index in [1.165, 1.54) is 0 Å². The third kappa shape index (κ3) is 3.68. The van der Waals surface area contributed by atoms with E-state index in [0.717, 1.165) is 36.5 Å². The molecule has 0 bridgehead atoms. The zero-order valence-electron chi connectivity index (χ0n) is 13.2. The first kappa shape index (κ1) is 15.5. The van der Waals surface area contributed by atoms with Crippen molar-refractivity contribution in [3.8, 4) is 5.75 Å². The van der Waals surface area contributed by atoms with E-state index in [9.17, 15) is 4.79 Å². The third-order valence-corrected chi connectivity index (χ3v) is 4.14. The van der Waals surface area contributed by atoms with Gasteiger partial charge in [-0.15, -0.1) is 0 Å². The number of ether oxygens (including phenoxy) is 1. The summed E-state index contributed by atoms with van der Waals surface area (Å²) in [5.74, 6) is 0.964. The maximum absolute atomic E-state index is 12.7. The van der Waals surface area contributed by atoms with Crippen LogP contribution < -0.4 is 10.1 Å². The fourth-order valence-corrected chi connectivity index (χ4v) is 2.91. The van der Waals surface area contributed by atoms with Crippen LogP contribution in [0.4, 0.5) is 0 Å². The first-order chi connectivity index (χ1) is 11.3. The van der Waals surface area contributed by atoms with Crippen molar-refractivity contribution in [2.75, 3.05) is 26.7 Å². The van der Waals surface area contributed by atoms with E-state index < -0.39 is 0 Å². The number of carbonyl (C=O) groups excluding carboxylic acids is 1. The number of nitrogens with one attached hydrogen (secondary N) is 1. The lowest BCUT2D eigenvalue weighted by atomic mass is 10.0. The standard InChI is InChI=1S/C18H21N3O2/c1-23-16-6-4-15(5-7-16)17-13-20-9-10-21(17)18(22)11-14-3-2-8-19-12-14/h2-8,12,17,20H,9-11,13H2,1H3/t17-/m1/s1. The number of benzene rings is 1. The number of hydrogen-bond donors (Lipinski definition) is 1. The molecule has 1 fully saturated rings. The van der Waals surface area contributed by atoms with Gasteiger partial charge in [0.2, 0.25) is 5.91 Å². The summed E-state index contributed by atoms with van der Waals surface area (Å²) in [6.45, 7) is 2.31. The van der Waals surface area contributed by atoms with Gasteiger partial charge in [0, 0.05) is 32.0 Å². The molecule has 1 saturated heterocycles. The quantitative estimate of drug-likeness (QED) is 0.935. The maximum atomic E-state index is 12.7. The SMILES string of the molecule is COc1ccc([C@H]2CNCCN2C(=O)Cc2cccnc2)cc1. The molecule has 1 aliphatic heterocycles. The van der Waals surface area contributed by atoms with Crippen LogP contribution in [0.2, 0.25) is 0 Å². The number of aromatic nitrogens is 1. The molecule has 1 atom stereocenters. The molecule has 0 saturated carbocycles. The fraction of sp³-hybridized carbons (Fsp3) is 0.333. The van der Waals surface area contributed by atoms with Crippen LogP contribution in [-0.2, 0) is 11.2 Å². The molecule has 23 heavy (non-hydrogen) atoms. The number of pyridine rings is 1. The van der Waals surface area contributed by atoms with Crippen LogP contribution in [0.25, 0.3) is 0 Å². The fourth-order valence-electron chi connectivity index (χ4n) is 2.91. The molecule has 5 nitrogen and oxygen atoms in total. The first-order valence-electron chi connectivity index (χ1n) is 7.81. The number of methoxy groups -OCH3 is 1. The molecule has 0 unspecified atom stereocenters. The van der Waals surface area contributed by atoms with Crippen LogP contribution in [-0.4, -0.2) is 42.5 Å². The van der Waals surface area contributed by atoms with Crippen molar-refractivity contribution in [3.05, 3.63) is 59.9 Å². The summed E-state index contributed by atoms with van der Waals surface area (Å²) in [6.07, 6.45) is 3.86. The molecule has 2 aromatic rings. The van der Waals surface area contributed by atoms with Gasteiger partial charge in [0.05, 0.1) is 19.6 Å². The van der Waals surface area contributed by atoms with Gasteiger partial charge in [-0.3, -0.25) is 9.78 Å². The Hall–Kier alpha value is -2.40. The maximum Gasteiger partial charge on any atom is 0.227 e. The van der Waals surface area contributed by atoms with Gasteiger partial charge >= 0.3 is 0 Å². The lowest BCUT2D eigenvalue weighted by molar-refractivity contribution is -0.133. The van der Waals surface area contributed by atoms with E-state index in [4.69, 9.17) is 4.74 Å². The van der Waals surface area contributed by atoms with Crippen molar-refractivity contribution in [1.29, 1.82) is 0 Å². The van der Waals surface area contributed by atoms with Crippen LogP contribution in [0.1, 0.15) is 17.2 Å². The number of carbonyl (C=O) groups is 1. The summed E-state index contributed by atoms with van der Waals surface area (Å²) < 4.78 is 5.21. The Balaban J connectivity index is 1.76. The van der Waals surface area contributed by atoms with Crippen molar-refractivity contribution in [1.82, 2.24) is 15.2 Å². The van der Waals surface area contributed by atoms with E-state index in [-0.39, 0.29) is 11.9 Å². The van der Waals surface area contributed by atoms with E-state index in [1.807, 2.05) is 41.3 Å². The van der Waals surface area contributed by atoms with E-state index >= 15 is 0 Å². The molecule has 1 aromatic carbocycles. The molecule has 1 aliphatic rings. The minimum Gasteiger partial charge on any atom is -0.497 e. The molecule has 2 heterocycles. The summed E-state index contributed by atoms with van der Waals surface area (Å²) in [5.41, 5.74) is 2.07. The molecule has 1 amide bonds. The van der Waals surface area contributed by atoms with Gasteiger partial charge in [0.15, 0.2) is 0 Å². The van der Waals surface area contributed by atoms with Crippen molar-refractivity contribution >= 4 is 5.91 Å². The normalized spacial score (nSPS) is 17.8. The van der Waals surface area contributed by atoms with E-state index in [0.29, 0.717) is 6.42 Å². The zero-order valence-corrected chi connectivity index (χ0v) is 13.2. The molecule has 120 valence electrons. The lowest BCUT2D eigenvalue weighted by Crippen LogP contribution is -2.49. The highest BCUT2D eigenvalue weighted by atomic mass is 16.5. The molecule has 1 aromatic heterocycles. The summed E-state index contributed by atoms with van der Waals surface area (Å²) in [6, 6.07) is 11.8. The molecule has 5 heteroatoms. The lowest BCUT2D eigenvalue weighted by Gasteiger charge is -2.36. The molecule has 0 radical (unpaired) electrons. The second-order valence-electron chi connectivity index (χ2n) is 5.62. The Morgan fingerprint density at radius 1 is 1.35 bits per heavy atom. The zero-order chi connectivity index (χ0) is 16.1. The molecular formula is C18H21N3O2. The highest BCUT2D eigenvalue weighted by Gasteiger charge is 2.27. The average molecular weight is 311 g/mol. The average Bonchev–Trinajstić information content (AvgIpc) is 2.62. The molecule has 0 spiro atoms. The Morgan fingerprint density at radius 3 is 2.87 bits per heavy atom. The third-order valence-electron chi connectivity index (χ3n) is 4.14. The van der Waals surface area contributed by atoms with Crippen LogP contribution in [0.15, 0.2) is 48.8 Å². The van der Waals surface area contributed by atoms with Crippen LogP contribution >= 0.6 is 0 Å². The number of rotatable bonds is 4. The number of piperazine rings is 1. The van der Waals surface area contributed by atoms with Crippen LogP contribution in [0.5, 0.6) is 5.75 Å². The van der Waals surface area contributed by atoms with E-state index in [1.54, 1.807) is 19.5 Å². The van der Waals surface area contributed by atoms with E-state index in [2.05, 4.69) is 10.3 Å². The summed E-state index contributed by atoms with van der Waals surface area (Å²) in [7, 11) is 1.65. The van der Waals surface area contributed by atoms with Gasteiger partial charge < -0.3 is 15.0 Å². The van der Waals surface area contributed by atoms with Crippen molar-refractivity contribution < 1.29 is 9.53 Å². The largest absolute Gasteiger partial charge is 0.497 e. The van der Waals surface area contributed by atoms with Gasteiger partial charge in [-0.05, 0) is 29.3 Å². The Morgan fingerprint density at radius 2 is 2.17 bits per heavy atom. The first-order valence-corrected chi connectivity index (χ1v) is 7.81. The minimum absolute atomic E-state index is 0.0545. The number of nitrogens with zero attached hydrogens (tertiary/aromatic N) is 2. The Bertz CT molecular complexity index is 643. The van der Waals surface area contributed by atoms with Gasteiger partial charge in [-0.2, -0.15) is 0 Å². The van der Waals surface area contributed by atoms with Crippen LogP contribution in [0, 0.1) is 0 Å². The number of amides is 1. The molecule has 1 N–H and O–H groups in total. The van der Waals surface area contributed by atoms with Crippen molar-refractivity contribution in [2.45, 2.75) is 12.5 Å².